The van der Waals surface area contributed by atoms with Gasteiger partial charge in [0.05, 0.1) is 5.39 Å². The third-order valence-corrected chi connectivity index (χ3v) is 3.74. The number of ether oxygens (including phenoxy) is 1. The Kier molecular flexibility index (Phi) is 4.33. The fourth-order valence-corrected chi connectivity index (χ4v) is 2.27. The molecule has 5 nitrogen and oxygen atoms in total. The Bertz CT molecular complexity index is 945. The lowest BCUT2D eigenvalue weighted by atomic mass is 10.1. The lowest BCUT2D eigenvalue weighted by Crippen LogP contribution is -2.29. The molecular formula is C19H17NO4. The molecule has 0 aliphatic carbocycles. The largest absolute Gasteiger partial charge is 0.456 e. The highest BCUT2D eigenvalue weighted by molar-refractivity contribution is 5.78. The van der Waals surface area contributed by atoms with Crippen molar-refractivity contribution in [2.24, 2.45) is 0 Å². The summed E-state index contributed by atoms with van der Waals surface area (Å²) >= 11 is 0. The minimum atomic E-state index is -0.436. The molecule has 1 amide bonds. The van der Waals surface area contributed by atoms with Crippen LogP contribution < -0.4 is 10.2 Å². The van der Waals surface area contributed by atoms with Gasteiger partial charge < -0.3 is 14.1 Å². The van der Waals surface area contributed by atoms with E-state index in [0.717, 1.165) is 0 Å². The number of benzene rings is 2. The van der Waals surface area contributed by atoms with Gasteiger partial charge in [0, 0.05) is 25.2 Å². The molecule has 0 N–H and O–H groups in total. The average molecular weight is 323 g/mol. The summed E-state index contributed by atoms with van der Waals surface area (Å²) in [5.74, 6) is 0.828. The quantitative estimate of drug-likeness (QED) is 0.733. The van der Waals surface area contributed by atoms with E-state index in [0.29, 0.717) is 34.6 Å². The van der Waals surface area contributed by atoms with Crippen molar-refractivity contribution in [3.63, 3.8) is 0 Å². The van der Waals surface area contributed by atoms with Crippen molar-refractivity contribution in [2.75, 3.05) is 13.6 Å². The van der Waals surface area contributed by atoms with Crippen molar-refractivity contribution in [3.05, 3.63) is 64.8 Å². The van der Waals surface area contributed by atoms with Crippen LogP contribution in [-0.2, 0) is 0 Å². The summed E-state index contributed by atoms with van der Waals surface area (Å²) in [7, 11) is 1.66. The van der Waals surface area contributed by atoms with Gasteiger partial charge in [0.1, 0.15) is 17.1 Å². The molecular weight excluding hydrogens is 306 g/mol. The molecule has 122 valence electrons. The van der Waals surface area contributed by atoms with Gasteiger partial charge in [-0.3, -0.25) is 4.79 Å². The van der Waals surface area contributed by atoms with E-state index in [4.69, 9.17) is 9.15 Å². The van der Waals surface area contributed by atoms with Crippen LogP contribution >= 0.6 is 0 Å². The number of para-hydroxylation sites is 1. The smallest absolute Gasteiger partial charge is 0.414 e. The summed E-state index contributed by atoms with van der Waals surface area (Å²) in [5.41, 5.74) is 1.08. The SMILES string of the molecule is CCN(C)C(=O)Oc1cccc(-c2cc(=O)c3ccccc3o2)c1. The summed E-state index contributed by atoms with van der Waals surface area (Å²) in [6.07, 6.45) is -0.436. The van der Waals surface area contributed by atoms with Crippen LogP contribution in [0.4, 0.5) is 4.79 Å². The Morgan fingerprint density at radius 1 is 1.12 bits per heavy atom. The number of amides is 1. The second-order valence-electron chi connectivity index (χ2n) is 5.38. The Morgan fingerprint density at radius 2 is 1.92 bits per heavy atom. The molecule has 1 aromatic heterocycles. The minimum absolute atomic E-state index is 0.111. The lowest BCUT2D eigenvalue weighted by molar-refractivity contribution is 0.165. The van der Waals surface area contributed by atoms with E-state index in [1.54, 1.807) is 49.5 Å². The van der Waals surface area contributed by atoms with E-state index in [1.807, 2.05) is 13.0 Å². The van der Waals surface area contributed by atoms with Gasteiger partial charge in [-0.25, -0.2) is 4.79 Å². The topological polar surface area (TPSA) is 59.8 Å². The van der Waals surface area contributed by atoms with Crippen LogP contribution in [0.3, 0.4) is 0 Å². The van der Waals surface area contributed by atoms with E-state index in [1.165, 1.54) is 11.0 Å². The minimum Gasteiger partial charge on any atom is -0.456 e. The van der Waals surface area contributed by atoms with Gasteiger partial charge in [0.25, 0.3) is 0 Å². The molecule has 0 radical (unpaired) electrons. The van der Waals surface area contributed by atoms with Crippen molar-refractivity contribution < 1.29 is 13.9 Å². The predicted octanol–water partition coefficient (Wildman–Crippen LogP) is 3.91. The zero-order valence-electron chi connectivity index (χ0n) is 13.5. The molecule has 0 saturated carbocycles. The first-order valence-electron chi connectivity index (χ1n) is 7.64. The van der Waals surface area contributed by atoms with Crippen LogP contribution in [0.25, 0.3) is 22.3 Å². The first-order valence-corrected chi connectivity index (χ1v) is 7.64. The molecule has 2 aromatic carbocycles. The third kappa shape index (κ3) is 3.15. The average Bonchev–Trinajstić information content (AvgIpc) is 2.61. The number of rotatable bonds is 3. The van der Waals surface area contributed by atoms with Crippen LogP contribution in [0.5, 0.6) is 5.75 Å². The number of fused-ring (bicyclic) bond motifs is 1. The summed E-state index contributed by atoms with van der Waals surface area (Å²) in [5, 5.41) is 0.536. The van der Waals surface area contributed by atoms with E-state index < -0.39 is 6.09 Å². The molecule has 0 fully saturated rings. The molecule has 1 heterocycles. The van der Waals surface area contributed by atoms with Crippen LogP contribution in [0, 0.1) is 0 Å². The summed E-state index contributed by atoms with van der Waals surface area (Å²) in [6, 6.07) is 15.4. The van der Waals surface area contributed by atoms with E-state index in [2.05, 4.69) is 0 Å². The molecule has 3 aromatic rings. The second kappa shape index (κ2) is 6.58. The first-order chi connectivity index (χ1) is 11.6. The predicted molar refractivity (Wildman–Crippen MR) is 92.2 cm³/mol. The monoisotopic (exact) mass is 323 g/mol. The van der Waals surface area contributed by atoms with Crippen LogP contribution in [-0.4, -0.2) is 24.6 Å². The maximum atomic E-state index is 12.2. The Hall–Kier alpha value is -3.08. The Balaban J connectivity index is 1.97. The maximum Gasteiger partial charge on any atom is 0.414 e. The van der Waals surface area contributed by atoms with Crippen molar-refractivity contribution in [1.29, 1.82) is 0 Å². The number of hydrogen-bond acceptors (Lipinski definition) is 4. The molecule has 0 unspecified atom stereocenters. The fourth-order valence-electron chi connectivity index (χ4n) is 2.27. The van der Waals surface area contributed by atoms with Crippen molar-refractivity contribution in [2.45, 2.75) is 6.92 Å². The molecule has 0 aliphatic rings. The molecule has 3 rings (SSSR count). The van der Waals surface area contributed by atoms with Gasteiger partial charge in [-0.2, -0.15) is 0 Å². The van der Waals surface area contributed by atoms with E-state index >= 15 is 0 Å². The molecule has 0 atom stereocenters. The highest BCUT2D eigenvalue weighted by Crippen LogP contribution is 2.25. The van der Waals surface area contributed by atoms with Gasteiger partial charge in [-0.1, -0.05) is 24.3 Å². The van der Waals surface area contributed by atoms with Gasteiger partial charge in [0.2, 0.25) is 0 Å². The fraction of sp³-hybridized carbons (Fsp3) is 0.158. The second-order valence-corrected chi connectivity index (χ2v) is 5.38. The summed E-state index contributed by atoms with van der Waals surface area (Å²) < 4.78 is 11.1. The standard InChI is InChI=1S/C19H17NO4/c1-3-20(2)19(22)23-14-8-6-7-13(11-14)18-12-16(21)15-9-4-5-10-17(15)24-18/h4-12H,3H2,1-2H3. The number of hydrogen-bond donors (Lipinski definition) is 0. The van der Waals surface area contributed by atoms with Gasteiger partial charge >= 0.3 is 6.09 Å². The number of carbonyl (C=O) groups excluding carboxylic acids is 1. The normalized spacial score (nSPS) is 10.6. The molecule has 0 bridgehead atoms. The Labute approximate surface area is 139 Å². The number of carbonyl (C=O) groups is 1. The van der Waals surface area contributed by atoms with Gasteiger partial charge in [0.15, 0.2) is 5.43 Å². The Morgan fingerprint density at radius 3 is 2.71 bits per heavy atom. The lowest BCUT2D eigenvalue weighted by Gasteiger charge is -2.14. The summed E-state index contributed by atoms with van der Waals surface area (Å²) in [6.45, 7) is 2.42. The van der Waals surface area contributed by atoms with Crippen LogP contribution in [0.15, 0.2) is 63.8 Å². The van der Waals surface area contributed by atoms with E-state index in [-0.39, 0.29) is 5.43 Å². The molecule has 24 heavy (non-hydrogen) atoms. The molecule has 0 aliphatic heterocycles. The van der Waals surface area contributed by atoms with Crippen molar-refractivity contribution in [3.8, 4) is 17.1 Å². The van der Waals surface area contributed by atoms with Crippen LogP contribution in [0.1, 0.15) is 6.92 Å². The van der Waals surface area contributed by atoms with Gasteiger partial charge in [-0.05, 0) is 31.2 Å². The van der Waals surface area contributed by atoms with Crippen LogP contribution in [0.2, 0.25) is 0 Å². The molecule has 0 saturated heterocycles. The third-order valence-electron chi connectivity index (χ3n) is 3.74. The first kappa shape index (κ1) is 15.8. The molecule has 0 spiro atoms. The van der Waals surface area contributed by atoms with Gasteiger partial charge in [-0.15, -0.1) is 0 Å². The van der Waals surface area contributed by atoms with E-state index in [9.17, 15) is 9.59 Å². The zero-order valence-corrected chi connectivity index (χ0v) is 13.5. The number of nitrogens with zero attached hydrogens (tertiary/aromatic N) is 1. The van der Waals surface area contributed by atoms with Crippen molar-refractivity contribution >= 4 is 17.1 Å². The highest BCUT2D eigenvalue weighted by atomic mass is 16.6. The molecule has 5 heteroatoms. The summed E-state index contributed by atoms with van der Waals surface area (Å²) in [4.78, 5) is 25.5. The maximum absolute atomic E-state index is 12.2. The zero-order chi connectivity index (χ0) is 17.1. The van der Waals surface area contributed by atoms with Crippen molar-refractivity contribution in [1.82, 2.24) is 4.90 Å². The highest BCUT2D eigenvalue weighted by Gasteiger charge is 2.11.